The third kappa shape index (κ3) is 5.65. The van der Waals surface area contributed by atoms with Crippen molar-refractivity contribution in [3.05, 3.63) is 59.7 Å². The number of carbonyl (C=O) groups is 2. The van der Waals surface area contributed by atoms with Gasteiger partial charge >= 0.3 is 24.3 Å². The lowest BCUT2D eigenvalue weighted by molar-refractivity contribution is -0.286. The SMILES string of the molecule is O=C(CN[C@@H](CC(C(F)(F)F)C(F)(F)F)C(=O)O)OCC1c2ccccc2-c2ccccc21. The minimum Gasteiger partial charge on any atom is -0.480 e. The van der Waals surface area contributed by atoms with E-state index in [-0.39, 0.29) is 12.5 Å². The molecule has 2 aromatic rings. The molecule has 2 N–H and O–H groups in total. The van der Waals surface area contributed by atoms with E-state index in [0.717, 1.165) is 22.3 Å². The van der Waals surface area contributed by atoms with Crippen LogP contribution in [-0.2, 0) is 14.3 Å². The van der Waals surface area contributed by atoms with Crippen LogP contribution in [0.3, 0.4) is 0 Å². The molecule has 0 unspecified atom stereocenters. The molecule has 0 radical (unpaired) electrons. The maximum Gasteiger partial charge on any atom is 0.400 e. The number of nitrogens with one attached hydrogen (secondary N) is 1. The molecule has 0 fully saturated rings. The maximum atomic E-state index is 12.7. The van der Waals surface area contributed by atoms with E-state index in [1.807, 2.05) is 53.8 Å². The second kappa shape index (κ2) is 9.42. The largest absolute Gasteiger partial charge is 0.480 e. The summed E-state index contributed by atoms with van der Waals surface area (Å²) in [6.45, 7) is -0.991. The summed E-state index contributed by atoms with van der Waals surface area (Å²) < 4.78 is 81.6. The minimum atomic E-state index is -5.68. The summed E-state index contributed by atoms with van der Waals surface area (Å²) in [5, 5.41) is 11.0. The summed E-state index contributed by atoms with van der Waals surface area (Å²) in [6.07, 6.45) is -13.2. The first kappa shape index (κ1) is 24.6. The standard InChI is InChI=1S/C22H19F6NO4/c23-21(24,25)18(22(26,27)28)9-17(20(31)32)29-10-19(30)33-11-16-14-7-3-1-5-12(14)13-6-2-4-8-15(13)16/h1-8,16-18,29H,9-11H2,(H,31,32)/t17-/m0/s1. The number of fused-ring (bicyclic) bond motifs is 3. The summed E-state index contributed by atoms with van der Waals surface area (Å²) >= 11 is 0. The molecule has 0 heterocycles. The molecular formula is C22H19F6NO4. The Labute approximate surface area is 184 Å². The van der Waals surface area contributed by atoms with Crippen molar-refractivity contribution in [3.63, 3.8) is 0 Å². The lowest BCUT2D eigenvalue weighted by atomic mass is 9.98. The molecule has 178 valence electrons. The molecule has 0 amide bonds. The number of esters is 1. The van der Waals surface area contributed by atoms with E-state index < -0.39 is 49.2 Å². The quantitative estimate of drug-likeness (QED) is 0.434. The first-order valence-electron chi connectivity index (χ1n) is 9.83. The van der Waals surface area contributed by atoms with E-state index in [1.165, 1.54) is 0 Å². The number of carbonyl (C=O) groups excluding carboxylic acids is 1. The van der Waals surface area contributed by atoms with E-state index in [4.69, 9.17) is 9.84 Å². The van der Waals surface area contributed by atoms with Gasteiger partial charge in [0.05, 0.1) is 6.54 Å². The highest BCUT2D eigenvalue weighted by atomic mass is 19.4. The number of carboxylic acid groups (broad SMARTS) is 1. The molecule has 3 rings (SSSR count). The Hall–Kier alpha value is -3.08. The van der Waals surface area contributed by atoms with Crippen molar-refractivity contribution in [2.45, 2.75) is 30.7 Å². The smallest absolute Gasteiger partial charge is 0.400 e. The van der Waals surface area contributed by atoms with Crippen LogP contribution >= 0.6 is 0 Å². The zero-order valence-electron chi connectivity index (χ0n) is 16.9. The summed E-state index contributed by atoms with van der Waals surface area (Å²) in [7, 11) is 0. The summed E-state index contributed by atoms with van der Waals surface area (Å²) in [6, 6.07) is 12.6. The lowest BCUT2D eigenvalue weighted by Gasteiger charge is -2.25. The summed E-state index contributed by atoms with van der Waals surface area (Å²) in [5.74, 6) is -7.10. The number of rotatable bonds is 8. The molecule has 0 saturated heterocycles. The average Bonchev–Trinajstić information content (AvgIpc) is 3.04. The van der Waals surface area contributed by atoms with Crippen LogP contribution in [0.5, 0.6) is 0 Å². The van der Waals surface area contributed by atoms with Crippen LogP contribution in [0.15, 0.2) is 48.5 Å². The van der Waals surface area contributed by atoms with Crippen LogP contribution in [0.1, 0.15) is 23.5 Å². The number of alkyl halides is 6. The van der Waals surface area contributed by atoms with Crippen molar-refractivity contribution in [3.8, 4) is 11.1 Å². The van der Waals surface area contributed by atoms with Gasteiger partial charge in [0.25, 0.3) is 0 Å². The fourth-order valence-corrected chi connectivity index (χ4v) is 3.83. The molecule has 1 aliphatic rings. The van der Waals surface area contributed by atoms with Gasteiger partial charge < -0.3 is 9.84 Å². The van der Waals surface area contributed by atoms with E-state index in [2.05, 4.69) is 0 Å². The van der Waals surface area contributed by atoms with Gasteiger partial charge in [-0.3, -0.25) is 14.9 Å². The Morgan fingerprint density at radius 1 is 0.909 bits per heavy atom. The summed E-state index contributed by atoms with van der Waals surface area (Å²) in [5.41, 5.74) is 3.73. The van der Waals surface area contributed by atoms with Gasteiger partial charge in [-0.25, -0.2) is 0 Å². The number of halogens is 6. The van der Waals surface area contributed by atoms with Crippen molar-refractivity contribution in [1.82, 2.24) is 5.32 Å². The van der Waals surface area contributed by atoms with Crippen molar-refractivity contribution in [1.29, 1.82) is 0 Å². The highest BCUT2D eigenvalue weighted by Crippen LogP contribution is 2.44. The predicted octanol–water partition coefficient (Wildman–Crippen LogP) is 4.52. The molecule has 33 heavy (non-hydrogen) atoms. The Kier molecular flexibility index (Phi) is 7.01. The van der Waals surface area contributed by atoms with E-state index in [1.54, 1.807) is 0 Å². The van der Waals surface area contributed by atoms with Crippen molar-refractivity contribution < 1.29 is 45.8 Å². The van der Waals surface area contributed by atoms with Crippen LogP contribution in [0.4, 0.5) is 26.3 Å². The van der Waals surface area contributed by atoms with Crippen molar-refractivity contribution >= 4 is 11.9 Å². The number of hydrogen-bond donors (Lipinski definition) is 2. The third-order valence-electron chi connectivity index (χ3n) is 5.43. The van der Waals surface area contributed by atoms with Gasteiger partial charge in [-0.1, -0.05) is 48.5 Å². The van der Waals surface area contributed by atoms with Gasteiger partial charge in [0, 0.05) is 5.92 Å². The first-order chi connectivity index (χ1) is 15.4. The molecule has 1 aliphatic carbocycles. The zero-order chi connectivity index (χ0) is 24.4. The van der Waals surface area contributed by atoms with Gasteiger partial charge in [-0.05, 0) is 28.7 Å². The molecule has 0 bridgehead atoms. The fourth-order valence-electron chi connectivity index (χ4n) is 3.83. The molecule has 0 aliphatic heterocycles. The number of benzene rings is 2. The molecule has 11 heteroatoms. The molecule has 0 aromatic heterocycles. The number of hydrogen-bond acceptors (Lipinski definition) is 4. The second-order valence-corrected chi connectivity index (χ2v) is 7.55. The van der Waals surface area contributed by atoms with Gasteiger partial charge in [-0.15, -0.1) is 0 Å². The van der Waals surface area contributed by atoms with Gasteiger partial charge in [0.15, 0.2) is 5.92 Å². The lowest BCUT2D eigenvalue weighted by Crippen LogP contribution is -2.47. The molecular weight excluding hydrogens is 456 g/mol. The third-order valence-corrected chi connectivity index (χ3v) is 5.43. The van der Waals surface area contributed by atoms with Crippen LogP contribution < -0.4 is 5.32 Å². The molecule has 0 spiro atoms. The van der Waals surface area contributed by atoms with E-state index in [9.17, 15) is 35.9 Å². The predicted molar refractivity (Wildman–Crippen MR) is 104 cm³/mol. The van der Waals surface area contributed by atoms with Crippen LogP contribution in [0.25, 0.3) is 11.1 Å². The fraction of sp³-hybridized carbons (Fsp3) is 0.364. The Balaban J connectivity index is 1.62. The van der Waals surface area contributed by atoms with Gasteiger partial charge in [-0.2, -0.15) is 26.3 Å². The Bertz CT molecular complexity index is 961. The Morgan fingerprint density at radius 3 is 1.85 bits per heavy atom. The minimum absolute atomic E-state index is 0.125. The highest BCUT2D eigenvalue weighted by molar-refractivity contribution is 5.79. The van der Waals surface area contributed by atoms with Gasteiger partial charge in [0.2, 0.25) is 0 Å². The number of ether oxygens (including phenoxy) is 1. The van der Waals surface area contributed by atoms with E-state index in [0.29, 0.717) is 0 Å². The van der Waals surface area contributed by atoms with Crippen molar-refractivity contribution in [2.24, 2.45) is 5.92 Å². The first-order valence-corrected chi connectivity index (χ1v) is 9.83. The number of carboxylic acids is 1. The average molecular weight is 475 g/mol. The monoisotopic (exact) mass is 475 g/mol. The number of aliphatic carboxylic acids is 1. The molecule has 1 atom stereocenters. The van der Waals surface area contributed by atoms with Crippen LogP contribution in [0.2, 0.25) is 0 Å². The van der Waals surface area contributed by atoms with E-state index >= 15 is 0 Å². The molecule has 5 nitrogen and oxygen atoms in total. The van der Waals surface area contributed by atoms with Crippen LogP contribution in [0, 0.1) is 5.92 Å². The summed E-state index contributed by atoms with van der Waals surface area (Å²) in [4.78, 5) is 23.3. The van der Waals surface area contributed by atoms with Gasteiger partial charge in [0.1, 0.15) is 12.6 Å². The molecule has 0 saturated carbocycles. The topological polar surface area (TPSA) is 75.6 Å². The Morgan fingerprint density at radius 2 is 1.39 bits per heavy atom. The normalized spacial score (nSPS) is 14.6. The second-order valence-electron chi connectivity index (χ2n) is 7.55. The van der Waals surface area contributed by atoms with Crippen LogP contribution in [-0.4, -0.2) is 48.6 Å². The maximum absolute atomic E-state index is 12.7. The molecule has 2 aromatic carbocycles. The highest BCUT2D eigenvalue weighted by Gasteiger charge is 2.57. The van der Waals surface area contributed by atoms with Crippen molar-refractivity contribution in [2.75, 3.05) is 13.2 Å². The zero-order valence-corrected chi connectivity index (χ0v) is 16.9.